The van der Waals surface area contributed by atoms with Crippen LogP contribution in [-0.4, -0.2) is 17.3 Å². The molecule has 0 aromatic heterocycles. The molecule has 1 aromatic rings. The van der Waals surface area contributed by atoms with Gasteiger partial charge in [-0.3, -0.25) is 0 Å². The van der Waals surface area contributed by atoms with Gasteiger partial charge in [0.2, 0.25) is 0 Å². The Balaban J connectivity index is 3.35. The first-order chi connectivity index (χ1) is 6.06. The fraction of sp³-hybridized carbons (Fsp3) is 0.125. The Bertz CT molecular complexity index is 352. The van der Waals surface area contributed by atoms with E-state index in [0.29, 0.717) is 6.07 Å². The van der Waals surface area contributed by atoms with E-state index in [0.717, 1.165) is 17.8 Å². The maximum atomic E-state index is 13.1. The molecule has 0 fully saturated rings. The summed E-state index contributed by atoms with van der Waals surface area (Å²) in [5.74, 6) is -3.10. The van der Waals surface area contributed by atoms with Crippen LogP contribution in [0.3, 0.4) is 0 Å². The molecule has 0 aliphatic rings. The van der Waals surface area contributed by atoms with Crippen LogP contribution in [0.15, 0.2) is 17.0 Å². The second kappa shape index (κ2) is 3.74. The maximum Gasteiger partial charge on any atom is 0.338 e. The van der Waals surface area contributed by atoms with Crippen molar-refractivity contribution < 1.29 is 18.7 Å². The summed E-state index contributed by atoms with van der Waals surface area (Å²) in [5.41, 5.74) is -0.635. The van der Waals surface area contributed by atoms with Crippen LogP contribution in [0.2, 0.25) is 0 Å². The third-order valence-corrected chi connectivity index (χ3v) is 2.19. The Morgan fingerprint density at radius 2 is 2.08 bits per heavy atom. The van der Waals surface area contributed by atoms with E-state index < -0.39 is 23.2 Å². The number of carbonyl (C=O) groups is 1. The molecule has 0 amide bonds. The van der Waals surface area contributed by atoms with Gasteiger partial charge < -0.3 is 5.11 Å². The lowest BCUT2D eigenvalue weighted by Gasteiger charge is -2.02. The van der Waals surface area contributed by atoms with Gasteiger partial charge in [0.25, 0.3) is 0 Å². The van der Waals surface area contributed by atoms with Crippen LogP contribution in [0.5, 0.6) is 0 Å². The monoisotopic (exact) mass is 204 g/mol. The summed E-state index contributed by atoms with van der Waals surface area (Å²) in [6.07, 6.45) is 1.55. The van der Waals surface area contributed by atoms with Gasteiger partial charge in [0, 0.05) is 4.90 Å². The lowest BCUT2D eigenvalue weighted by atomic mass is 10.2. The SMILES string of the molecule is CSc1cc(F)cc(C(=O)O)c1F. The van der Waals surface area contributed by atoms with Crippen LogP contribution in [0, 0.1) is 11.6 Å². The first-order valence-electron chi connectivity index (χ1n) is 3.32. The molecule has 70 valence electrons. The minimum absolute atomic E-state index is 0.00241. The summed E-state index contributed by atoms with van der Waals surface area (Å²) < 4.78 is 25.8. The lowest BCUT2D eigenvalue weighted by Crippen LogP contribution is -2.02. The van der Waals surface area contributed by atoms with E-state index in [9.17, 15) is 13.6 Å². The van der Waals surface area contributed by atoms with Gasteiger partial charge in [0.15, 0.2) is 5.82 Å². The second-order valence-electron chi connectivity index (χ2n) is 2.27. The van der Waals surface area contributed by atoms with Crippen molar-refractivity contribution in [1.29, 1.82) is 0 Å². The number of benzene rings is 1. The van der Waals surface area contributed by atoms with Crippen molar-refractivity contribution in [2.75, 3.05) is 6.26 Å². The molecule has 0 atom stereocenters. The maximum absolute atomic E-state index is 13.1. The first-order valence-corrected chi connectivity index (χ1v) is 4.55. The van der Waals surface area contributed by atoms with E-state index in [1.807, 2.05) is 0 Å². The van der Waals surface area contributed by atoms with Crippen LogP contribution in [0.25, 0.3) is 0 Å². The van der Waals surface area contributed by atoms with Gasteiger partial charge in [0.05, 0.1) is 5.56 Å². The van der Waals surface area contributed by atoms with E-state index >= 15 is 0 Å². The third kappa shape index (κ3) is 1.98. The number of thioether (sulfide) groups is 1. The van der Waals surface area contributed by atoms with Crippen molar-refractivity contribution in [1.82, 2.24) is 0 Å². The van der Waals surface area contributed by atoms with Crippen molar-refractivity contribution >= 4 is 17.7 Å². The van der Waals surface area contributed by atoms with Crippen molar-refractivity contribution in [3.63, 3.8) is 0 Å². The van der Waals surface area contributed by atoms with Crippen LogP contribution in [-0.2, 0) is 0 Å². The third-order valence-electron chi connectivity index (χ3n) is 1.45. The Morgan fingerprint density at radius 1 is 1.46 bits per heavy atom. The average molecular weight is 204 g/mol. The molecule has 0 heterocycles. The molecule has 0 saturated heterocycles. The fourth-order valence-electron chi connectivity index (χ4n) is 0.868. The fourth-order valence-corrected chi connectivity index (χ4v) is 1.39. The van der Waals surface area contributed by atoms with Gasteiger partial charge >= 0.3 is 5.97 Å². The van der Waals surface area contributed by atoms with E-state index in [1.54, 1.807) is 6.26 Å². The van der Waals surface area contributed by atoms with Gasteiger partial charge in [0.1, 0.15) is 5.82 Å². The summed E-state index contributed by atoms with van der Waals surface area (Å²) in [5, 5.41) is 8.49. The Morgan fingerprint density at radius 3 is 2.54 bits per heavy atom. The minimum atomic E-state index is -1.47. The Kier molecular flexibility index (Phi) is 2.87. The first kappa shape index (κ1) is 9.98. The molecule has 0 bridgehead atoms. The predicted molar refractivity (Wildman–Crippen MR) is 45.1 cm³/mol. The highest BCUT2D eigenvalue weighted by Crippen LogP contribution is 2.23. The van der Waals surface area contributed by atoms with Gasteiger partial charge in [-0.15, -0.1) is 11.8 Å². The van der Waals surface area contributed by atoms with Gasteiger partial charge in [-0.25, -0.2) is 13.6 Å². The predicted octanol–water partition coefficient (Wildman–Crippen LogP) is 2.38. The molecule has 13 heavy (non-hydrogen) atoms. The molecule has 1 aromatic carbocycles. The Labute approximate surface area is 77.6 Å². The zero-order valence-electron chi connectivity index (χ0n) is 6.67. The number of carboxylic acid groups (broad SMARTS) is 1. The summed E-state index contributed by atoms with van der Waals surface area (Å²) in [4.78, 5) is 10.4. The molecule has 5 heteroatoms. The van der Waals surface area contributed by atoms with Gasteiger partial charge in [-0.05, 0) is 18.4 Å². The number of hydrogen-bond acceptors (Lipinski definition) is 2. The minimum Gasteiger partial charge on any atom is -0.478 e. The number of halogens is 2. The molecular formula is C8H6F2O2S. The molecule has 1 rings (SSSR count). The van der Waals surface area contributed by atoms with E-state index in [2.05, 4.69) is 0 Å². The number of aromatic carboxylic acids is 1. The molecule has 0 radical (unpaired) electrons. The van der Waals surface area contributed by atoms with E-state index in [-0.39, 0.29) is 4.90 Å². The highest BCUT2D eigenvalue weighted by molar-refractivity contribution is 7.98. The van der Waals surface area contributed by atoms with Crippen LogP contribution in [0.1, 0.15) is 10.4 Å². The normalized spacial score (nSPS) is 10.1. The molecular weight excluding hydrogens is 198 g/mol. The summed E-state index contributed by atoms with van der Waals surface area (Å²) in [6.45, 7) is 0. The van der Waals surface area contributed by atoms with E-state index in [4.69, 9.17) is 5.11 Å². The lowest BCUT2D eigenvalue weighted by molar-refractivity contribution is 0.0690. The van der Waals surface area contributed by atoms with Gasteiger partial charge in [-0.2, -0.15) is 0 Å². The zero-order chi connectivity index (χ0) is 10.0. The number of hydrogen-bond donors (Lipinski definition) is 1. The van der Waals surface area contributed by atoms with Gasteiger partial charge in [-0.1, -0.05) is 0 Å². The summed E-state index contributed by atoms with van der Waals surface area (Å²) in [6, 6.07) is 1.63. The second-order valence-corrected chi connectivity index (χ2v) is 3.12. The Hall–Kier alpha value is -1.10. The van der Waals surface area contributed by atoms with Crippen molar-refractivity contribution in [2.45, 2.75) is 4.90 Å². The smallest absolute Gasteiger partial charge is 0.338 e. The van der Waals surface area contributed by atoms with Crippen LogP contribution < -0.4 is 0 Å². The van der Waals surface area contributed by atoms with Crippen molar-refractivity contribution in [3.05, 3.63) is 29.3 Å². The molecule has 0 aliphatic carbocycles. The standard InChI is InChI=1S/C8H6F2O2S/c1-13-6-3-4(9)2-5(7(6)10)8(11)12/h2-3H,1H3,(H,11,12). The molecule has 0 unspecified atom stereocenters. The topological polar surface area (TPSA) is 37.3 Å². The number of rotatable bonds is 2. The quantitative estimate of drug-likeness (QED) is 0.751. The highest BCUT2D eigenvalue weighted by Gasteiger charge is 2.15. The number of carboxylic acids is 1. The molecule has 0 saturated carbocycles. The molecule has 0 spiro atoms. The highest BCUT2D eigenvalue weighted by atomic mass is 32.2. The van der Waals surface area contributed by atoms with Crippen molar-refractivity contribution in [2.24, 2.45) is 0 Å². The zero-order valence-corrected chi connectivity index (χ0v) is 7.49. The average Bonchev–Trinajstić information content (AvgIpc) is 2.08. The summed E-state index contributed by atoms with van der Waals surface area (Å²) in [7, 11) is 0. The van der Waals surface area contributed by atoms with E-state index in [1.165, 1.54) is 0 Å². The van der Waals surface area contributed by atoms with Crippen LogP contribution >= 0.6 is 11.8 Å². The molecule has 0 aliphatic heterocycles. The van der Waals surface area contributed by atoms with Crippen molar-refractivity contribution in [3.8, 4) is 0 Å². The molecule has 1 N–H and O–H groups in total. The largest absolute Gasteiger partial charge is 0.478 e. The summed E-state index contributed by atoms with van der Waals surface area (Å²) >= 11 is 0.963. The van der Waals surface area contributed by atoms with Crippen LogP contribution in [0.4, 0.5) is 8.78 Å². The molecule has 2 nitrogen and oxygen atoms in total.